The standard InChI is InChI=1S/C13H17N3O4/c1-9-4-5-14-13(12(9)16(19)20)15-6-2-3-10(8-15)7-11(17)18/h4-5,10H,2-3,6-8H2,1H3,(H,17,18). The number of aliphatic carboxylic acids is 1. The summed E-state index contributed by atoms with van der Waals surface area (Å²) < 4.78 is 0. The monoisotopic (exact) mass is 279 g/mol. The summed E-state index contributed by atoms with van der Waals surface area (Å²) in [5, 5.41) is 20.1. The highest BCUT2D eigenvalue weighted by atomic mass is 16.6. The van der Waals surface area contributed by atoms with Crippen molar-refractivity contribution in [2.45, 2.75) is 26.2 Å². The predicted molar refractivity (Wildman–Crippen MR) is 72.8 cm³/mol. The number of carbonyl (C=O) groups is 1. The molecule has 2 rings (SSSR count). The molecule has 1 unspecified atom stereocenters. The number of anilines is 1. The SMILES string of the molecule is Cc1ccnc(N2CCCC(CC(=O)O)C2)c1[N+](=O)[O-]. The van der Waals surface area contributed by atoms with Gasteiger partial charge >= 0.3 is 11.7 Å². The van der Waals surface area contributed by atoms with E-state index in [4.69, 9.17) is 5.11 Å². The zero-order chi connectivity index (χ0) is 14.7. The van der Waals surface area contributed by atoms with E-state index in [9.17, 15) is 14.9 Å². The summed E-state index contributed by atoms with van der Waals surface area (Å²) in [4.78, 5) is 27.5. The second kappa shape index (κ2) is 5.85. The van der Waals surface area contributed by atoms with Crippen molar-refractivity contribution in [3.63, 3.8) is 0 Å². The Kier molecular flexibility index (Phi) is 4.16. The molecule has 1 aromatic heterocycles. The predicted octanol–water partition coefficient (Wildman–Crippen LogP) is 1.99. The minimum absolute atomic E-state index is 0.0168. The summed E-state index contributed by atoms with van der Waals surface area (Å²) >= 11 is 0. The van der Waals surface area contributed by atoms with Crippen molar-refractivity contribution in [3.8, 4) is 0 Å². The van der Waals surface area contributed by atoms with Gasteiger partial charge in [0.1, 0.15) is 0 Å². The van der Waals surface area contributed by atoms with Crippen LogP contribution in [0, 0.1) is 23.0 Å². The first-order valence-electron chi connectivity index (χ1n) is 6.55. The molecule has 1 N–H and O–H groups in total. The topological polar surface area (TPSA) is 96.6 Å². The zero-order valence-electron chi connectivity index (χ0n) is 11.3. The number of aryl methyl sites for hydroxylation is 1. The molecule has 20 heavy (non-hydrogen) atoms. The van der Waals surface area contributed by atoms with Crippen LogP contribution < -0.4 is 4.90 Å². The van der Waals surface area contributed by atoms with E-state index < -0.39 is 10.9 Å². The molecule has 1 atom stereocenters. The molecule has 108 valence electrons. The van der Waals surface area contributed by atoms with Gasteiger partial charge in [-0.15, -0.1) is 0 Å². The Bertz CT molecular complexity index is 532. The van der Waals surface area contributed by atoms with Gasteiger partial charge in [0.15, 0.2) is 0 Å². The number of carboxylic acids is 1. The average molecular weight is 279 g/mol. The number of pyridine rings is 1. The first-order chi connectivity index (χ1) is 9.49. The van der Waals surface area contributed by atoms with Gasteiger partial charge in [0.2, 0.25) is 5.82 Å². The molecular formula is C13H17N3O4. The van der Waals surface area contributed by atoms with Crippen LogP contribution in [0.25, 0.3) is 0 Å². The molecule has 0 bridgehead atoms. The number of rotatable bonds is 4. The number of aromatic nitrogens is 1. The molecule has 0 amide bonds. The van der Waals surface area contributed by atoms with Gasteiger partial charge in [-0.2, -0.15) is 0 Å². The van der Waals surface area contributed by atoms with Crippen LogP contribution in [0.3, 0.4) is 0 Å². The van der Waals surface area contributed by atoms with Crippen LogP contribution in [-0.4, -0.2) is 34.1 Å². The highest BCUT2D eigenvalue weighted by molar-refractivity contribution is 5.67. The number of nitro groups is 1. The van der Waals surface area contributed by atoms with E-state index in [1.54, 1.807) is 19.2 Å². The number of nitrogens with zero attached hydrogens (tertiary/aromatic N) is 3. The van der Waals surface area contributed by atoms with E-state index >= 15 is 0 Å². The second-order valence-electron chi connectivity index (χ2n) is 5.11. The van der Waals surface area contributed by atoms with Crippen LogP contribution >= 0.6 is 0 Å². The molecule has 2 heterocycles. The Morgan fingerprint density at radius 3 is 3.05 bits per heavy atom. The Morgan fingerprint density at radius 1 is 1.65 bits per heavy atom. The number of hydrogen-bond acceptors (Lipinski definition) is 5. The fourth-order valence-electron chi connectivity index (χ4n) is 2.66. The van der Waals surface area contributed by atoms with Crippen molar-refractivity contribution in [2.75, 3.05) is 18.0 Å². The quantitative estimate of drug-likeness (QED) is 0.668. The fourth-order valence-corrected chi connectivity index (χ4v) is 2.66. The molecule has 0 saturated carbocycles. The molecule has 0 aliphatic carbocycles. The molecule has 1 aromatic rings. The Balaban J connectivity index is 2.25. The summed E-state index contributed by atoms with van der Waals surface area (Å²) in [7, 11) is 0. The third-order valence-electron chi connectivity index (χ3n) is 3.57. The van der Waals surface area contributed by atoms with Crippen molar-refractivity contribution < 1.29 is 14.8 Å². The van der Waals surface area contributed by atoms with Gasteiger partial charge < -0.3 is 10.0 Å². The van der Waals surface area contributed by atoms with Crippen LogP contribution in [0.1, 0.15) is 24.8 Å². The smallest absolute Gasteiger partial charge is 0.314 e. The lowest BCUT2D eigenvalue weighted by molar-refractivity contribution is -0.384. The average Bonchev–Trinajstić information content (AvgIpc) is 2.37. The van der Waals surface area contributed by atoms with Crippen LogP contribution in [0.15, 0.2) is 12.3 Å². The first kappa shape index (κ1) is 14.2. The van der Waals surface area contributed by atoms with Crippen LogP contribution in [-0.2, 0) is 4.79 Å². The summed E-state index contributed by atoms with van der Waals surface area (Å²) in [5.74, 6) is -0.461. The maximum absolute atomic E-state index is 11.2. The minimum atomic E-state index is -0.830. The van der Waals surface area contributed by atoms with Crippen molar-refractivity contribution in [1.82, 2.24) is 4.98 Å². The van der Waals surface area contributed by atoms with Crippen LogP contribution in [0.2, 0.25) is 0 Å². The second-order valence-corrected chi connectivity index (χ2v) is 5.11. The summed E-state index contributed by atoms with van der Waals surface area (Å²) in [6.07, 6.45) is 3.31. The lowest BCUT2D eigenvalue weighted by atomic mass is 9.94. The minimum Gasteiger partial charge on any atom is -0.481 e. The Morgan fingerprint density at radius 2 is 2.40 bits per heavy atom. The van der Waals surface area contributed by atoms with E-state index in [1.807, 2.05) is 4.90 Å². The van der Waals surface area contributed by atoms with Gasteiger partial charge in [-0.25, -0.2) is 4.98 Å². The van der Waals surface area contributed by atoms with E-state index in [0.29, 0.717) is 24.5 Å². The summed E-state index contributed by atoms with van der Waals surface area (Å²) in [6, 6.07) is 1.61. The first-order valence-corrected chi connectivity index (χ1v) is 6.55. The van der Waals surface area contributed by atoms with Gasteiger partial charge in [-0.3, -0.25) is 14.9 Å². The van der Waals surface area contributed by atoms with Crippen LogP contribution in [0.5, 0.6) is 0 Å². The zero-order valence-corrected chi connectivity index (χ0v) is 11.3. The number of carboxylic acid groups (broad SMARTS) is 1. The van der Waals surface area contributed by atoms with E-state index in [2.05, 4.69) is 4.98 Å². The molecule has 1 aliphatic heterocycles. The van der Waals surface area contributed by atoms with Gasteiger partial charge in [-0.1, -0.05) is 0 Å². The highest BCUT2D eigenvalue weighted by Crippen LogP contribution is 2.32. The molecule has 0 aromatic carbocycles. The van der Waals surface area contributed by atoms with Gasteiger partial charge in [0.25, 0.3) is 0 Å². The third kappa shape index (κ3) is 3.04. The number of hydrogen-bond donors (Lipinski definition) is 1. The molecule has 7 heteroatoms. The molecule has 0 radical (unpaired) electrons. The van der Waals surface area contributed by atoms with E-state index in [-0.39, 0.29) is 18.0 Å². The van der Waals surface area contributed by atoms with Crippen molar-refractivity contribution >= 4 is 17.5 Å². The molecule has 7 nitrogen and oxygen atoms in total. The summed E-state index contributed by atoms with van der Waals surface area (Å²) in [5.41, 5.74) is 0.587. The maximum Gasteiger partial charge on any atom is 0.314 e. The molecule has 0 spiro atoms. The van der Waals surface area contributed by atoms with E-state index in [1.165, 1.54) is 0 Å². The van der Waals surface area contributed by atoms with E-state index in [0.717, 1.165) is 12.8 Å². The third-order valence-corrected chi connectivity index (χ3v) is 3.57. The molecule has 1 fully saturated rings. The van der Waals surface area contributed by atoms with Gasteiger partial charge in [0, 0.05) is 31.3 Å². The normalized spacial score (nSPS) is 18.9. The van der Waals surface area contributed by atoms with Gasteiger partial charge in [-0.05, 0) is 31.7 Å². The van der Waals surface area contributed by atoms with Crippen molar-refractivity contribution in [3.05, 3.63) is 27.9 Å². The Hall–Kier alpha value is -2.18. The fraction of sp³-hybridized carbons (Fsp3) is 0.538. The number of piperidine rings is 1. The maximum atomic E-state index is 11.2. The molecule has 1 aliphatic rings. The molecule has 1 saturated heterocycles. The Labute approximate surface area is 116 Å². The lowest BCUT2D eigenvalue weighted by Crippen LogP contribution is -2.37. The molecular weight excluding hydrogens is 262 g/mol. The van der Waals surface area contributed by atoms with Crippen molar-refractivity contribution in [2.24, 2.45) is 5.92 Å². The van der Waals surface area contributed by atoms with Crippen LogP contribution in [0.4, 0.5) is 11.5 Å². The highest BCUT2D eigenvalue weighted by Gasteiger charge is 2.28. The van der Waals surface area contributed by atoms with Crippen molar-refractivity contribution in [1.29, 1.82) is 0 Å². The van der Waals surface area contributed by atoms with Gasteiger partial charge in [0.05, 0.1) is 4.92 Å². The largest absolute Gasteiger partial charge is 0.481 e. The summed E-state index contributed by atoms with van der Waals surface area (Å²) in [6.45, 7) is 2.86. The lowest BCUT2D eigenvalue weighted by Gasteiger charge is -2.32.